The number of aliphatic hydroxyl groups excluding tert-OH is 3. The molecule has 59 heavy (non-hydrogen) atoms. The summed E-state index contributed by atoms with van der Waals surface area (Å²) in [6.07, 6.45) is 34.0. The van der Waals surface area contributed by atoms with Crippen LogP contribution < -0.4 is 0 Å². The molecule has 0 radical (unpaired) electrons. The molecular weight excluding hydrogens is 777 g/mol. The van der Waals surface area contributed by atoms with Crippen LogP contribution >= 0.6 is 0 Å². The molecule has 1 rings (SSSR count). The van der Waals surface area contributed by atoms with Crippen LogP contribution in [-0.4, -0.2) is 96.0 Å². The number of hydrogen-bond acceptors (Lipinski definition) is 11. The first-order valence-corrected chi connectivity index (χ1v) is 24.0. The van der Waals surface area contributed by atoms with Gasteiger partial charge in [0.05, 0.1) is 6.61 Å². The van der Waals surface area contributed by atoms with E-state index in [1.165, 1.54) is 32.1 Å². The fraction of sp³-hybridized carbons (Fsp3) is 0.739. The Balaban J connectivity index is 2.49. The molecule has 0 saturated carbocycles. The van der Waals surface area contributed by atoms with Gasteiger partial charge in [0.2, 0.25) is 0 Å². The molecule has 1 aliphatic rings. The molecule has 0 amide bonds. The van der Waals surface area contributed by atoms with Crippen molar-refractivity contribution in [1.82, 2.24) is 0 Å². The summed E-state index contributed by atoms with van der Waals surface area (Å²) in [6.45, 7) is 3.60. The first-order chi connectivity index (χ1) is 28.5. The van der Waals surface area contributed by atoms with Crippen molar-refractivity contribution in [2.45, 2.75) is 198 Å². The summed E-state index contributed by atoms with van der Waals surface area (Å²) in [6, 6.07) is 0. The first kappa shape index (κ1) is 54.4. The maximum absolute atomic E-state index is 12.8. The number of unbranched alkanes of at least 4 members (excludes halogenated alkanes) is 14. The average Bonchev–Trinajstić information content (AvgIpc) is 3.20. The normalized spacial score (nSPS) is 20.8. The quantitative estimate of drug-likeness (QED) is 0.0203. The molecule has 1 fully saturated rings. The van der Waals surface area contributed by atoms with Gasteiger partial charge in [-0.05, 0) is 77.0 Å². The average molecular weight is 855 g/mol. The highest BCUT2D eigenvalue weighted by Crippen LogP contribution is 2.24. The summed E-state index contributed by atoms with van der Waals surface area (Å²) in [5.41, 5.74) is 0. The zero-order chi connectivity index (χ0) is 43.4. The van der Waals surface area contributed by atoms with E-state index in [1.807, 2.05) is 0 Å². The van der Waals surface area contributed by atoms with E-state index in [9.17, 15) is 37.9 Å². The Hall–Kier alpha value is -2.65. The molecule has 1 heterocycles. The van der Waals surface area contributed by atoms with Gasteiger partial charge in [0.1, 0.15) is 36.8 Å². The smallest absolute Gasteiger partial charge is 0.306 e. The van der Waals surface area contributed by atoms with E-state index in [4.69, 9.17) is 18.9 Å². The summed E-state index contributed by atoms with van der Waals surface area (Å²) in [5, 5.41) is 30.9. The predicted octanol–water partition coefficient (Wildman–Crippen LogP) is 8.95. The van der Waals surface area contributed by atoms with Crippen molar-refractivity contribution in [1.29, 1.82) is 0 Å². The highest BCUT2D eigenvalue weighted by molar-refractivity contribution is 7.85. The van der Waals surface area contributed by atoms with Crippen molar-refractivity contribution < 1.29 is 56.8 Å². The lowest BCUT2D eigenvalue weighted by Gasteiger charge is -2.40. The topological polar surface area (TPSA) is 186 Å². The van der Waals surface area contributed by atoms with E-state index in [-0.39, 0.29) is 19.4 Å². The third-order valence-electron chi connectivity index (χ3n) is 9.83. The number of rotatable bonds is 36. The Kier molecular flexibility index (Phi) is 33.2. The van der Waals surface area contributed by atoms with Gasteiger partial charge in [-0.1, -0.05) is 132 Å². The van der Waals surface area contributed by atoms with Crippen LogP contribution in [0.3, 0.4) is 0 Å². The molecule has 6 unspecified atom stereocenters. The lowest BCUT2D eigenvalue weighted by Crippen LogP contribution is -2.60. The fourth-order valence-electron chi connectivity index (χ4n) is 6.37. The molecule has 0 aliphatic carbocycles. The predicted molar refractivity (Wildman–Crippen MR) is 233 cm³/mol. The molecule has 4 N–H and O–H groups in total. The number of ether oxygens (including phenoxy) is 4. The number of allylic oxidation sites excluding steroid dienone is 10. The Morgan fingerprint density at radius 2 is 1.07 bits per heavy atom. The summed E-state index contributed by atoms with van der Waals surface area (Å²) in [5.74, 6) is -2.03. The first-order valence-electron chi connectivity index (χ1n) is 22.3. The zero-order valence-electron chi connectivity index (χ0n) is 36.1. The third-order valence-corrected chi connectivity index (χ3v) is 10.6. The summed E-state index contributed by atoms with van der Waals surface area (Å²) in [7, 11) is -4.61. The monoisotopic (exact) mass is 855 g/mol. The van der Waals surface area contributed by atoms with Crippen LogP contribution in [0.25, 0.3) is 0 Å². The van der Waals surface area contributed by atoms with Crippen LogP contribution in [0, 0.1) is 0 Å². The van der Waals surface area contributed by atoms with Gasteiger partial charge in [0.25, 0.3) is 10.1 Å². The van der Waals surface area contributed by atoms with Gasteiger partial charge in [-0.2, -0.15) is 8.42 Å². The van der Waals surface area contributed by atoms with Crippen LogP contribution in [0.1, 0.15) is 162 Å². The number of aliphatic hydroxyl groups is 3. The van der Waals surface area contributed by atoms with E-state index in [2.05, 4.69) is 74.6 Å². The van der Waals surface area contributed by atoms with Gasteiger partial charge >= 0.3 is 11.9 Å². The molecule has 1 saturated heterocycles. The Bertz CT molecular complexity index is 1320. The van der Waals surface area contributed by atoms with E-state index < -0.39 is 71.2 Å². The third kappa shape index (κ3) is 30.9. The van der Waals surface area contributed by atoms with Crippen molar-refractivity contribution >= 4 is 22.1 Å². The minimum absolute atomic E-state index is 0.132. The highest BCUT2D eigenvalue weighted by atomic mass is 32.2. The molecule has 1 aliphatic heterocycles. The summed E-state index contributed by atoms with van der Waals surface area (Å²) in [4.78, 5) is 25.4. The Morgan fingerprint density at radius 1 is 0.593 bits per heavy atom. The van der Waals surface area contributed by atoms with Crippen molar-refractivity contribution in [3.8, 4) is 0 Å². The molecule has 12 nitrogen and oxygen atoms in total. The van der Waals surface area contributed by atoms with Crippen molar-refractivity contribution in [3.05, 3.63) is 60.8 Å². The van der Waals surface area contributed by atoms with Gasteiger partial charge in [-0.15, -0.1) is 0 Å². The van der Waals surface area contributed by atoms with E-state index in [0.29, 0.717) is 12.8 Å². The van der Waals surface area contributed by atoms with Gasteiger partial charge in [-0.3, -0.25) is 14.1 Å². The van der Waals surface area contributed by atoms with Crippen LogP contribution in [0.5, 0.6) is 0 Å². The molecule has 0 aromatic rings. The Morgan fingerprint density at radius 3 is 1.61 bits per heavy atom. The van der Waals surface area contributed by atoms with Gasteiger partial charge < -0.3 is 34.3 Å². The fourth-order valence-corrected chi connectivity index (χ4v) is 7.06. The molecule has 6 atom stereocenters. The van der Waals surface area contributed by atoms with E-state index in [0.717, 1.165) is 89.9 Å². The minimum atomic E-state index is -4.61. The maximum atomic E-state index is 12.8. The number of esters is 2. The standard InChI is InChI=1S/C46H78O12S/c1-3-5-7-9-11-13-15-17-19-20-21-23-25-27-29-31-33-35-42(48)57-39(37-56-46-45(51)44(50)43(49)40(58-46)38-59(52,53)54)36-55-41(47)34-32-30-28-26-24-22-18-16-14-12-10-8-6-4-2/h5,7,11,13,16-19,21,23,39-40,43-46,49-51H,3-4,6,8-10,12,14-15,20,22,24-38H2,1-2H3,(H,52,53,54)/b7-5-,13-11-,18-16-,19-17-,23-21-. The summed E-state index contributed by atoms with van der Waals surface area (Å²) >= 11 is 0. The van der Waals surface area contributed by atoms with Gasteiger partial charge in [0.15, 0.2) is 12.4 Å². The van der Waals surface area contributed by atoms with Gasteiger partial charge in [0, 0.05) is 12.8 Å². The largest absolute Gasteiger partial charge is 0.462 e. The minimum Gasteiger partial charge on any atom is -0.462 e. The second-order valence-electron chi connectivity index (χ2n) is 15.3. The molecule has 340 valence electrons. The lowest BCUT2D eigenvalue weighted by atomic mass is 10.00. The van der Waals surface area contributed by atoms with Gasteiger partial charge in [-0.25, -0.2) is 0 Å². The molecule has 0 spiro atoms. The van der Waals surface area contributed by atoms with Crippen LogP contribution in [-0.2, 0) is 38.7 Å². The Labute approximate surface area is 355 Å². The van der Waals surface area contributed by atoms with E-state index >= 15 is 0 Å². The van der Waals surface area contributed by atoms with Crippen molar-refractivity contribution in [3.63, 3.8) is 0 Å². The van der Waals surface area contributed by atoms with Crippen molar-refractivity contribution in [2.75, 3.05) is 19.0 Å². The number of carbonyl (C=O) groups is 2. The molecule has 0 aromatic heterocycles. The van der Waals surface area contributed by atoms with Crippen LogP contribution in [0.4, 0.5) is 0 Å². The highest BCUT2D eigenvalue weighted by Gasteiger charge is 2.46. The zero-order valence-corrected chi connectivity index (χ0v) is 36.9. The van der Waals surface area contributed by atoms with E-state index in [1.54, 1.807) is 0 Å². The second-order valence-corrected chi connectivity index (χ2v) is 16.8. The molecule has 13 heteroatoms. The lowest BCUT2D eigenvalue weighted by molar-refractivity contribution is -0.297. The number of carbonyl (C=O) groups excluding carboxylic acids is 2. The maximum Gasteiger partial charge on any atom is 0.306 e. The SMILES string of the molecule is CC/C=C\C/C=C\C/C=C\C/C=C\CCCCCCC(=O)OC(COC(=O)CCCCCCC/C=C\CCCCCCC)COC1OC(CS(=O)(=O)O)C(O)C(O)C1O. The number of hydrogen-bond donors (Lipinski definition) is 4. The van der Waals surface area contributed by atoms with Crippen LogP contribution in [0.15, 0.2) is 60.8 Å². The molecule has 0 aromatic carbocycles. The second kappa shape index (κ2) is 36.0. The van der Waals surface area contributed by atoms with Crippen molar-refractivity contribution in [2.24, 2.45) is 0 Å². The summed E-state index contributed by atoms with van der Waals surface area (Å²) < 4.78 is 54.0. The van der Waals surface area contributed by atoms with Crippen LogP contribution in [0.2, 0.25) is 0 Å². The molecule has 0 bridgehead atoms. The molecular formula is C46H78O12S.